The number of ether oxygens (including phenoxy) is 1. The van der Waals surface area contributed by atoms with Crippen LogP contribution in [-0.4, -0.2) is 0 Å². The van der Waals surface area contributed by atoms with Gasteiger partial charge in [-0.05, 0) is 30.3 Å². The summed E-state index contributed by atoms with van der Waals surface area (Å²) in [6.07, 6.45) is 0. The third-order valence-electron chi connectivity index (χ3n) is 2.20. The molecule has 0 fully saturated rings. The highest BCUT2D eigenvalue weighted by Gasteiger charge is 2.11. The fraction of sp³-hybridized carbons (Fsp3) is 0. The first-order valence-electron chi connectivity index (χ1n) is 4.93. The first-order valence-corrected chi connectivity index (χ1v) is 5.69. The summed E-state index contributed by atoms with van der Waals surface area (Å²) in [6, 6.07) is 10.8. The van der Waals surface area contributed by atoms with Crippen molar-refractivity contribution in [3.63, 3.8) is 0 Å². The van der Waals surface area contributed by atoms with Crippen LogP contribution >= 0.6 is 23.2 Å². The first kappa shape index (κ1) is 12.7. The average Bonchev–Trinajstić information content (AvgIpc) is 2.37. The van der Waals surface area contributed by atoms with E-state index >= 15 is 0 Å². The lowest BCUT2D eigenvalue weighted by Crippen LogP contribution is -1.91. The van der Waals surface area contributed by atoms with E-state index in [1.807, 2.05) is 6.07 Å². The fourth-order valence-corrected chi connectivity index (χ4v) is 1.70. The van der Waals surface area contributed by atoms with E-state index in [2.05, 4.69) is 0 Å². The zero-order valence-corrected chi connectivity index (χ0v) is 10.5. The van der Waals surface area contributed by atoms with E-state index in [1.54, 1.807) is 12.1 Å². The van der Waals surface area contributed by atoms with Crippen molar-refractivity contribution >= 4 is 23.2 Å². The van der Waals surface area contributed by atoms with Gasteiger partial charge in [0.25, 0.3) is 0 Å². The smallest absolute Gasteiger partial charge is 0.184 e. The predicted octanol–water partition coefficient (Wildman–Crippen LogP) is 4.80. The largest absolute Gasteiger partial charge is 0.453 e. The van der Waals surface area contributed by atoms with E-state index < -0.39 is 5.82 Å². The quantitative estimate of drug-likeness (QED) is 0.792. The van der Waals surface area contributed by atoms with Gasteiger partial charge in [0.15, 0.2) is 11.6 Å². The van der Waals surface area contributed by atoms with Crippen LogP contribution in [0.1, 0.15) is 5.56 Å². The second-order valence-corrected chi connectivity index (χ2v) is 4.25. The minimum atomic E-state index is -0.669. The molecule has 90 valence electrons. The molecular weight excluding hydrogens is 276 g/mol. The molecule has 0 amide bonds. The number of hydrogen-bond acceptors (Lipinski definition) is 2. The monoisotopic (exact) mass is 281 g/mol. The molecule has 0 bridgehead atoms. The molecule has 0 spiro atoms. The van der Waals surface area contributed by atoms with Gasteiger partial charge in [-0.1, -0.05) is 29.3 Å². The average molecular weight is 282 g/mol. The van der Waals surface area contributed by atoms with E-state index in [-0.39, 0.29) is 22.1 Å². The summed E-state index contributed by atoms with van der Waals surface area (Å²) in [5.74, 6) is -0.484. The van der Waals surface area contributed by atoms with Crippen molar-refractivity contribution < 1.29 is 9.13 Å². The third kappa shape index (κ3) is 2.56. The zero-order valence-electron chi connectivity index (χ0n) is 8.95. The minimum Gasteiger partial charge on any atom is -0.453 e. The molecule has 0 heterocycles. The van der Waals surface area contributed by atoms with Crippen LogP contribution in [0.15, 0.2) is 36.4 Å². The van der Waals surface area contributed by atoms with Crippen LogP contribution in [0.4, 0.5) is 4.39 Å². The van der Waals surface area contributed by atoms with Gasteiger partial charge >= 0.3 is 0 Å². The highest BCUT2D eigenvalue weighted by atomic mass is 35.5. The minimum absolute atomic E-state index is 0.0404. The van der Waals surface area contributed by atoms with Crippen LogP contribution in [0.2, 0.25) is 10.0 Å². The summed E-state index contributed by atoms with van der Waals surface area (Å²) >= 11 is 11.4. The van der Waals surface area contributed by atoms with Gasteiger partial charge in [0.05, 0.1) is 10.6 Å². The molecule has 0 aliphatic heterocycles. The Morgan fingerprint density at radius 3 is 2.61 bits per heavy atom. The summed E-state index contributed by atoms with van der Waals surface area (Å²) in [5, 5.41) is 9.30. The molecule has 0 aromatic heterocycles. The van der Waals surface area contributed by atoms with Crippen LogP contribution in [0.5, 0.6) is 11.5 Å². The Labute approximate surface area is 113 Å². The Morgan fingerprint density at radius 2 is 1.89 bits per heavy atom. The van der Waals surface area contributed by atoms with Crippen LogP contribution < -0.4 is 4.74 Å². The zero-order chi connectivity index (χ0) is 13.1. The molecule has 0 unspecified atom stereocenters. The maximum absolute atomic E-state index is 13.6. The Bertz CT molecular complexity index is 637. The number of halogens is 3. The molecule has 0 N–H and O–H groups in total. The maximum atomic E-state index is 13.6. The number of rotatable bonds is 2. The number of nitriles is 1. The number of hydrogen-bond donors (Lipinski definition) is 0. The van der Waals surface area contributed by atoms with Gasteiger partial charge in [-0.3, -0.25) is 0 Å². The molecule has 0 aliphatic carbocycles. The van der Waals surface area contributed by atoms with Gasteiger partial charge in [-0.2, -0.15) is 5.26 Å². The molecule has 0 radical (unpaired) electrons. The van der Waals surface area contributed by atoms with Gasteiger partial charge in [0, 0.05) is 5.02 Å². The van der Waals surface area contributed by atoms with E-state index in [0.29, 0.717) is 5.02 Å². The first-order chi connectivity index (χ1) is 8.61. The second-order valence-electron chi connectivity index (χ2n) is 3.41. The van der Waals surface area contributed by atoms with Gasteiger partial charge < -0.3 is 4.74 Å². The molecule has 0 atom stereocenters. The highest BCUT2D eigenvalue weighted by molar-refractivity contribution is 6.31. The highest BCUT2D eigenvalue weighted by Crippen LogP contribution is 2.31. The van der Waals surface area contributed by atoms with Crippen molar-refractivity contribution in [1.82, 2.24) is 0 Å². The van der Waals surface area contributed by atoms with E-state index in [1.165, 1.54) is 24.3 Å². The molecular formula is C13H6Cl2FNO. The van der Waals surface area contributed by atoms with Gasteiger partial charge in [0.2, 0.25) is 0 Å². The summed E-state index contributed by atoms with van der Waals surface area (Å²) in [5.41, 5.74) is 0.224. The van der Waals surface area contributed by atoms with Gasteiger partial charge in [-0.25, -0.2) is 4.39 Å². The van der Waals surface area contributed by atoms with E-state index in [4.69, 9.17) is 33.2 Å². The molecule has 2 aromatic carbocycles. The number of benzene rings is 2. The lowest BCUT2D eigenvalue weighted by molar-refractivity contribution is 0.441. The lowest BCUT2D eigenvalue weighted by Gasteiger charge is -2.08. The van der Waals surface area contributed by atoms with Crippen LogP contribution in [0.3, 0.4) is 0 Å². The van der Waals surface area contributed by atoms with Crippen molar-refractivity contribution in [2.24, 2.45) is 0 Å². The molecule has 0 aliphatic rings. The van der Waals surface area contributed by atoms with Crippen molar-refractivity contribution in [3.8, 4) is 17.6 Å². The standard InChI is InChI=1S/C13H6Cl2FNO/c14-9-4-5-11(8(6-9)7-17)18-12-3-1-2-10(15)13(12)16/h1-6H. The molecule has 5 heteroatoms. The van der Waals surface area contributed by atoms with Crippen molar-refractivity contribution in [2.45, 2.75) is 0 Å². The Hall–Kier alpha value is -1.76. The summed E-state index contributed by atoms with van der Waals surface area (Å²) in [7, 11) is 0. The Morgan fingerprint density at radius 1 is 1.11 bits per heavy atom. The topological polar surface area (TPSA) is 33.0 Å². The van der Waals surface area contributed by atoms with Gasteiger partial charge in [0.1, 0.15) is 11.8 Å². The molecule has 2 nitrogen and oxygen atoms in total. The van der Waals surface area contributed by atoms with Crippen LogP contribution in [0, 0.1) is 17.1 Å². The van der Waals surface area contributed by atoms with Crippen molar-refractivity contribution in [1.29, 1.82) is 5.26 Å². The van der Waals surface area contributed by atoms with E-state index in [9.17, 15) is 4.39 Å². The second kappa shape index (κ2) is 5.26. The molecule has 0 saturated heterocycles. The van der Waals surface area contributed by atoms with Crippen molar-refractivity contribution in [2.75, 3.05) is 0 Å². The maximum Gasteiger partial charge on any atom is 0.184 e. The molecule has 0 saturated carbocycles. The Balaban J connectivity index is 2.41. The molecule has 2 aromatic rings. The fourth-order valence-electron chi connectivity index (χ4n) is 1.36. The normalized spacial score (nSPS) is 9.89. The Kier molecular flexibility index (Phi) is 3.71. The molecule has 18 heavy (non-hydrogen) atoms. The van der Waals surface area contributed by atoms with E-state index in [0.717, 1.165) is 0 Å². The lowest BCUT2D eigenvalue weighted by atomic mass is 10.2. The number of nitrogens with zero attached hydrogens (tertiary/aromatic N) is 1. The van der Waals surface area contributed by atoms with Gasteiger partial charge in [-0.15, -0.1) is 0 Å². The van der Waals surface area contributed by atoms with Crippen LogP contribution in [0.25, 0.3) is 0 Å². The summed E-state index contributed by atoms with van der Waals surface area (Å²) in [6.45, 7) is 0. The summed E-state index contributed by atoms with van der Waals surface area (Å²) in [4.78, 5) is 0. The van der Waals surface area contributed by atoms with Crippen molar-refractivity contribution in [3.05, 3.63) is 57.8 Å². The summed E-state index contributed by atoms with van der Waals surface area (Å²) < 4.78 is 19.0. The van der Waals surface area contributed by atoms with Crippen LogP contribution in [-0.2, 0) is 0 Å². The third-order valence-corrected chi connectivity index (χ3v) is 2.73. The SMILES string of the molecule is N#Cc1cc(Cl)ccc1Oc1cccc(Cl)c1F. The predicted molar refractivity (Wildman–Crippen MR) is 67.7 cm³/mol. The molecule has 2 rings (SSSR count).